The van der Waals surface area contributed by atoms with Crippen molar-refractivity contribution in [1.29, 1.82) is 0 Å². The summed E-state index contributed by atoms with van der Waals surface area (Å²) in [5.41, 5.74) is 4.85. The maximum atomic E-state index is 14.2. The number of anilines is 1. The van der Waals surface area contributed by atoms with Crippen molar-refractivity contribution in [3.05, 3.63) is 33.5 Å². The van der Waals surface area contributed by atoms with Crippen LogP contribution in [0.1, 0.15) is 31.9 Å². The smallest absolute Gasteiger partial charge is 0.146 e. The lowest BCUT2D eigenvalue weighted by Crippen LogP contribution is -2.19. The molecule has 19 heavy (non-hydrogen) atoms. The van der Waals surface area contributed by atoms with Crippen LogP contribution in [0.4, 0.5) is 10.2 Å². The molecular formula is C14H17BrFN3. The van der Waals surface area contributed by atoms with Gasteiger partial charge < -0.3 is 5.43 Å². The zero-order valence-electron chi connectivity index (χ0n) is 11.4. The average Bonchev–Trinajstić information content (AvgIpc) is 2.33. The summed E-state index contributed by atoms with van der Waals surface area (Å²) in [5.74, 6) is 5.84. The molecule has 3 nitrogen and oxygen atoms in total. The molecule has 0 saturated heterocycles. The molecule has 2 aromatic rings. The summed E-state index contributed by atoms with van der Waals surface area (Å²) < 4.78 is 14.7. The topological polar surface area (TPSA) is 50.9 Å². The van der Waals surface area contributed by atoms with Crippen LogP contribution in [0.25, 0.3) is 10.9 Å². The molecule has 0 aliphatic carbocycles. The highest BCUT2D eigenvalue weighted by atomic mass is 79.9. The van der Waals surface area contributed by atoms with Crippen molar-refractivity contribution in [2.45, 2.75) is 33.1 Å². The highest BCUT2D eigenvalue weighted by Gasteiger charge is 2.22. The second kappa shape index (κ2) is 4.72. The molecule has 0 unspecified atom stereocenters. The number of nitrogens with two attached hydrogens (primary N) is 1. The molecule has 3 N–H and O–H groups in total. The minimum absolute atomic E-state index is 0.175. The largest absolute Gasteiger partial charge is 0.308 e. The Kier molecular flexibility index (Phi) is 3.53. The summed E-state index contributed by atoms with van der Waals surface area (Å²) in [6.45, 7) is 8.02. The van der Waals surface area contributed by atoms with Gasteiger partial charge in [0.05, 0.1) is 9.99 Å². The minimum atomic E-state index is -0.290. The van der Waals surface area contributed by atoms with Gasteiger partial charge in [0.15, 0.2) is 0 Å². The first-order chi connectivity index (χ1) is 8.75. The van der Waals surface area contributed by atoms with E-state index in [1.54, 1.807) is 6.07 Å². The van der Waals surface area contributed by atoms with Gasteiger partial charge >= 0.3 is 0 Å². The standard InChI is InChI=1S/C14H17BrFN3/c1-7-5-10(15)11(16)8-6-9(14(2,3)4)13(19-17)18-12(7)8/h5-6H,17H2,1-4H3,(H,18,19). The van der Waals surface area contributed by atoms with Gasteiger partial charge in [-0.3, -0.25) is 0 Å². The fraction of sp³-hybridized carbons (Fsp3) is 0.357. The molecule has 2 rings (SSSR count). The first-order valence-electron chi connectivity index (χ1n) is 6.02. The van der Waals surface area contributed by atoms with Crippen LogP contribution in [0.2, 0.25) is 0 Å². The predicted octanol–water partition coefficient (Wildman–Crippen LogP) is 4.03. The molecule has 0 atom stereocenters. The van der Waals surface area contributed by atoms with Gasteiger partial charge in [0.2, 0.25) is 0 Å². The Morgan fingerprint density at radius 3 is 2.47 bits per heavy atom. The zero-order valence-corrected chi connectivity index (χ0v) is 13.0. The number of nitrogen functional groups attached to an aromatic ring is 1. The molecule has 0 aliphatic rings. The number of aryl methyl sites for hydroxylation is 1. The third kappa shape index (κ3) is 2.44. The van der Waals surface area contributed by atoms with Crippen molar-refractivity contribution in [2.75, 3.05) is 5.43 Å². The van der Waals surface area contributed by atoms with Gasteiger partial charge in [-0.25, -0.2) is 15.2 Å². The van der Waals surface area contributed by atoms with Gasteiger partial charge in [-0.05, 0) is 46.0 Å². The highest BCUT2D eigenvalue weighted by molar-refractivity contribution is 9.10. The third-order valence-electron chi connectivity index (χ3n) is 3.13. The van der Waals surface area contributed by atoms with Crippen molar-refractivity contribution in [2.24, 2.45) is 5.84 Å². The summed E-state index contributed by atoms with van der Waals surface area (Å²) >= 11 is 3.23. The Balaban J connectivity index is 2.90. The Bertz CT molecular complexity index is 647. The van der Waals surface area contributed by atoms with Crippen LogP contribution in [0.3, 0.4) is 0 Å². The molecule has 1 aromatic carbocycles. The lowest BCUT2D eigenvalue weighted by Gasteiger charge is -2.23. The number of rotatable bonds is 1. The van der Waals surface area contributed by atoms with Crippen LogP contribution < -0.4 is 11.3 Å². The molecule has 0 fully saturated rings. The second-order valence-corrected chi connectivity index (χ2v) is 6.52. The van der Waals surface area contributed by atoms with Gasteiger partial charge in [0.25, 0.3) is 0 Å². The number of hydrazine groups is 1. The summed E-state index contributed by atoms with van der Waals surface area (Å²) in [4.78, 5) is 4.46. The molecular weight excluding hydrogens is 309 g/mol. The predicted molar refractivity (Wildman–Crippen MR) is 80.6 cm³/mol. The van der Waals surface area contributed by atoms with E-state index in [4.69, 9.17) is 5.84 Å². The average molecular weight is 326 g/mol. The number of pyridine rings is 1. The van der Waals surface area contributed by atoms with E-state index >= 15 is 0 Å². The van der Waals surface area contributed by atoms with Crippen LogP contribution in [0.5, 0.6) is 0 Å². The van der Waals surface area contributed by atoms with Crippen LogP contribution in [-0.2, 0) is 5.41 Å². The van der Waals surface area contributed by atoms with E-state index in [0.29, 0.717) is 21.2 Å². The Labute approximate surface area is 120 Å². The molecule has 1 aromatic heterocycles. The van der Waals surface area contributed by atoms with Crippen LogP contribution in [0.15, 0.2) is 16.6 Å². The van der Waals surface area contributed by atoms with Crippen molar-refractivity contribution in [3.63, 3.8) is 0 Å². The number of aromatic nitrogens is 1. The lowest BCUT2D eigenvalue weighted by atomic mass is 9.86. The first kappa shape index (κ1) is 14.2. The molecule has 5 heteroatoms. The van der Waals surface area contributed by atoms with Crippen molar-refractivity contribution in [3.8, 4) is 0 Å². The number of nitrogens with zero attached hydrogens (tertiary/aromatic N) is 1. The van der Waals surface area contributed by atoms with Crippen molar-refractivity contribution in [1.82, 2.24) is 4.98 Å². The first-order valence-corrected chi connectivity index (χ1v) is 6.81. The van der Waals surface area contributed by atoms with E-state index in [9.17, 15) is 4.39 Å². The van der Waals surface area contributed by atoms with Crippen LogP contribution in [0, 0.1) is 12.7 Å². The van der Waals surface area contributed by atoms with E-state index in [2.05, 4.69) is 26.3 Å². The maximum Gasteiger partial charge on any atom is 0.146 e. The quantitative estimate of drug-likeness (QED) is 0.614. The van der Waals surface area contributed by atoms with E-state index in [1.807, 2.05) is 33.8 Å². The number of nitrogens with one attached hydrogen (secondary N) is 1. The number of halogens is 2. The zero-order chi connectivity index (χ0) is 14.4. The molecule has 0 spiro atoms. The number of hydrogen-bond donors (Lipinski definition) is 2. The van der Waals surface area contributed by atoms with Gasteiger partial charge in [-0.15, -0.1) is 0 Å². The van der Waals surface area contributed by atoms with E-state index in [-0.39, 0.29) is 11.2 Å². The molecule has 0 bridgehead atoms. The summed E-state index contributed by atoms with van der Waals surface area (Å²) in [5, 5.41) is 0.510. The normalized spacial score (nSPS) is 11.9. The van der Waals surface area contributed by atoms with Gasteiger partial charge in [0, 0.05) is 10.9 Å². The van der Waals surface area contributed by atoms with Crippen LogP contribution in [-0.4, -0.2) is 4.98 Å². The lowest BCUT2D eigenvalue weighted by molar-refractivity contribution is 0.589. The molecule has 102 valence electrons. The summed E-state index contributed by atoms with van der Waals surface area (Å²) in [6.07, 6.45) is 0. The fourth-order valence-electron chi connectivity index (χ4n) is 2.11. The Hall–Kier alpha value is -1.20. The number of hydrogen-bond acceptors (Lipinski definition) is 3. The van der Waals surface area contributed by atoms with E-state index < -0.39 is 0 Å². The summed E-state index contributed by atoms with van der Waals surface area (Å²) in [6, 6.07) is 3.55. The second-order valence-electron chi connectivity index (χ2n) is 5.66. The van der Waals surface area contributed by atoms with Gasteiger partial charge in [-0.2, -0.15) is 0 Å². The molecule has 0 amide bonds. The number of fused-ring (bicyclic) bond motifs is 1. The van der Waals surface area contributed by atoms with Gasteiger partial charge in [-0.1, -0.05) is 20.8 Å². The molecule has 0 radical (unpaired) electrons. The van der Waals surface area contributed by atoms with E-state index in [0.717, 1.165) is 11.1 Å². The monoisotopic (exact) mass is 325 g/mol. The Morgan fingerprint density at radius 2 is 1.95 bits per heavy atom. The fourth-order valence-corrected chi connectivity index (χ4v) is 2.67. The third-order valence-corrected chi connectivity index (χ3v) is 3.71. The molecule has 1 heterocycles. The summed E-state index contributed by atoms with van der Waals surface area (Å²) in [7, 11) is 0. The highest BCUT2D eigenvalue weighted by Crippen LogP contribution is 2.34. The maximum absolute atomic E-state index is 14.2. The number of benzene rings is 1. The van der Waals surface area contributed by atoms with Crippen LogP contribution >= 0.6 is 15.9 Å². The van der Waals surface area contributed by atoms with Crippen molar-refractivity contribution < 1.29 is 4.39 Å². The Morgan fingerprint density at radius 1 is 1.32 bits per heavy atom. The minimum Gasteiger partial charge on any atom is -0.308 e. The molecule has 0 saturated carbocycles. The SMILES string of the molecule is Cc1cc(Br)c(F)c2cc(C(C)(C)C)c(NN)nc12. The molecule has 0 aliphatic heterocycles. The van der Waals surface area contributed by atoms with E-state index in [1.165, 1.54) is 0 Å². The van der Waals surface area contributed by atoms with Crippen molar-refractivity contribution >= 4 is 32.7 Å². The van der Waals surface area contributed by atoms with Gasteiger partial charge in [0.1, 0.15) is 11.6 Å².